The Hall–Kier alpha value is -1.03. The lowest BCUT2D eigenvalue weighted by atomic mass is 10.1. The molecule has 1 aromatic carbocycles. The standard InChI is InChI=1S/C17H24ClNO2/c1-3-9-19-15(6-5-10-20-4-2)17-12-13-11-14(18)7-8-16(13)21-17/h7-8,11-12,15,19H,3-6,9-10H2,1-2H3. The summed E-state index contributed by atoms with van der Waals surface area (Å²) in [5.74, 6) is 0.984. The highest BCUT2D eigenvalue weighted by molar-refractivity contribution is 6.31. The van der Waals surface area contributed by atoms with Crippen LogP contribution in [0.1, 0.15) is 44.9 Å². The number of ether oxygens (including phenoxy) is 1. The molecule has 1 N–H and O–H groups in total. The fraction of sp³-hybridized carbons (Fsp3) is 0.529. The van der Waals surface area contributed by atoms with Gasteiger partial charge < -0.3 is 14.5 Å². The van der Waals surface area contributed by atoms with Crippen molar-refractivity contribution in [1.82, 2.24) is 5.32 Å². The first-order valence-corrected chi connectivity index (χ1v) is 8.12. The van der Waals surface area contributed by atoms with E-state index in [1.54, 1.807) is 0 Å². The second kappa shape index (κ2) is 8.42. The van der Waals surface area contributed by atoms with E-state index in [0.29, 0.717) is 0 Å². The first kappa shape index (κ1) is 16.3. The highest BCUT2D eigenvalue weighted by Gasteiger charge is 2.15. The van der Waals surface area contributed by atoms with Crippen molar-refractivity contribution in [2.24, 2.45) is 0 Å². The maximum Gasteiger partial charge on any atom is 0.134 e. The second-order valence-electron chi connectivity index (χ2n) is 5.18. The summed E-state index contributed by atoms with van der Waals surface area (Å²) < 4.78 is 11.4. The van der Waals surface area contributed by atoms with Crippen molar-refractivity contribution in [1.29, 1.82) is 0 Å². The van der Waals surface area contributed by atoms with Crippen molar-refractivity contribution in [3.63, 3.8) is 0 Å². The predicted octanol–water partition coefficient (Wildman–Crippen LogP) is 4.94. The van der Waals surface area contributed by atoms with Gasteiger partial charge in [0.05, 0.1) is 6.04 Å². The van der Waals surface area contributed by atoms with Crippen molar-refractivity contribution in [3.8, 4) is 0 Å². The third-order valence-corrected chi connectivity index (χ3v) is 3.70. The molecule has 2 aromatic rings. The summed E-state index contributed by atoms with van der Waals surface area (Å²) in [6.45, 7) is 6.75. The average Bonchev–Trinajstić information content (AvgIpc) is 2.89. The number of hydrogen-bond acceptors (Lipinski definition) is 3. The highest BCUT2D eigenvalue weighted by Crippen LogP contribution is 2.28. The lowest BCUT2D eigenvalue weighted by Gasteiger charge is -2.16. The van der Waals surface area contributed by atoms with Crippen LogP contribution in [-0.2, 0) is 4.74 Å². The third kappa shape index (κ3) is 4.73. The van der Waals surface area contributed by atoms with Gasteiger partial charge in [-0.3, -0.25) is 0 Å². The topological polar surface area (TPSA) is 34.4 Å². The molecule has 0 amide bonds. The first-order chi connectivity index (χ1) is 10.2. The lowest BCUT2D eigenvalue weighted by Crippen LogP contribution is -2.22. The van der Waals surface area contributed by atoms with Crippen LogP contribution in [0.5, 0.6) is 0 Å². The highest BCUT2D eigenvalue weighted by atomic mass is 35.5. The van der Waals surface area contributed by atoms with Crippen LogP contribution >= 0.6 is 11.6 Å². The monoisotopic (exact) mass is 309 g/mol. The molecule has 1 unspecified atom stereocenters. The fourth-order valence-electron chi connectivity index (χ4n) is 2.40. The van der Waals surface area contributed by atoms with Crippen molar-refractivity contribution in [2.75, 3.05) is 19.8 Å². The van der Waals surface area contributed by atoms with Gasteiger partial charge in [0.2, 0.25) is 0 Å². The molecular weight excluding hydrogens is 286 g/mol. The molecule has 3 nitrogen and oxygen atoms in total. The van der Waals surface area contributed by atoms with Crippen LogP contribution in [0.3, 0.4) is 0 Å². The summed E-state index contributed by atoms with van der Waals surface area (Å²) >= 11 is 6.04. The van der Waals surface area contributed by atoms with E-state index in [4.69, 9.17) is 20.8 Å². The molecular formula is C17H24ClNO2. The van der Waals surface area contributed by atoms with Crippen molar-refractivity contribution in [3.05, 3.63) is 35.0 Å². The minimum absolute atomic E-state index is 0.233. The van der Waals surface area contributed by atoms with E-state index in [1.807, 2.05) is 25.1 Å². The van der Waals surface area contributed by atoms with E-state index in [1.165, 1.54) is 0 Å². The quantitative estimate of drug-likeness (QED) is 0.666. The molecule has 4 heteroatoms. The number of furan rings is 1. The first-order valence-electron chi connectivity index (χ1n) is 7.74. The zero-order valence-corrected chi connectivity index (χ0v) is 13.6. The van der Waals surface area contributed by atoms with Crippen LogP contribution in [0, 0.1) is 0 Å². The molecule has 1 heterocycles. The summed E-state index contributed by atoms with van der Waals surface area (Å²) in [4.78, 5) is 0. The van der Waals surface area contributed by atoms with Gasteiger partial charge in [-0.1, -0.05) is 18.5 Å². The Morgan fingerprint density at radius 2 is 2.14 bits per heavy atom. The zero-order valence-electron chi connectivity index (χ0n) is 12.8. The molecule has 1 atom stereocenters. The Morgan fingerprint density at radius 3 is 2.90 bits per heavy atom. The van der Waals surface area contributed by atoms with Crippen molar-refractivity contribution in [2.45, 2.75) is 39.2 Å². The van der Waals surface area contributed by atoms with Gasteiger partial charge in [0.1, 0.15) is 11.3 Å². The molecule has 0 aliphatic rings. The maximum absolute atomic E-state index is 6.04. The Balaban J connectivity index is 2.09. The van der Waals surface area contributed by atoms with Gasteiger partial charge >= 0.3 is 0 Å². The average molecular weight is 310 g/mol. The number of benzene rings is 1. The Morgan fingerprint density at radius 1 is 1.29 bits per heavy atom. The molecule has 0 saturated heterocycles. The van der Waals surface area contributed by atoms with E-state index in [2.05, 4.69) is 18.3 Å². The number of fused-ring (bicyclic) bond motifs is 1. The molecule has 0 saturated carbocycles. The summed E-state index contributed by atoms with van der Waals surface area (Å²) in [5, 5.41) is 5.36. The van der Waals surface area contributed by atoms with Crippen LogP contribution in [0.2, 0.25) is 5.02 Å². The molecule has 0 aliphatic carbocycles. The number of rotatable bonds is 9. The Labute approximate surface area is 131 Å². The van der Waals surface area contributed by atoms with Gasteiger partial charge in [0.15, 0.2) is 0 Å². The third-order valence-electron chi connectivity index (χ3n) is 3.47. The van der Waals surface area contributed by atoms with Gasteiger partial charge in [-0.25, -0.2) is 0 Å². The van der Waals surface area contributed by atoms with E-state index < -0.39 is 0 Å². The van der Waals surface area contributed by atoms with E-state index in [9.17, 15) is 0 Å². The minimum atomic E-state index is 0.233. The predicted molar refractivity (Wildman–Crippen MR) is 88.0 cm³/mol. The molecule has 0 spiro atoms. The van der Waals surface area contributed by atoms with Gasteiger partial charge in [-0.05, 0) is 57.0 Å². The van der Waals surface area contributed by atoms with Crippen molar-refractivity contribution >= 4 is 22.6 Å². The van der Waals surface area contributed by atoms with Gasteiger partial charge in [0.25, 0.3) is 0 Å². The van der Waals surface area contributed by atoms with Crippen LogP contribution < -0.4 is 5.32 Å². The maximum atomic E-state index is 6.04. The SMILES string of the molecule is CCCNC(CCCOCC)c1cc2cc(Cl)ccc2o1. The Kier molecular flexibility index (Phi) is 6.55. The summed E-state index contributed by atoms with van der Waals surface area (Å²) in [5.41, 5.74) is 0.891. The number of nitrogens with one attached hydrogen (secondary N) is 1. The van der Waals surface area contributed by atoms with Crippen LogP contribution in [0.25, 0.3) is 11.0 Å². The molecule has 0 fully saturated rings. The molecule has 0 bridgehead atoms. The minimum Gasteiger partial charge on any atom is -0.459 e. The molecule has 2 rings (SSSR count). The summed E-state index contributed by atoms with van der Waals surface area (Å²) in [6, 6.07) is 8.06. The fourth-order valence-corrected chi connectivity index (χ4v) is 2.58. The summed E-state index contributed by atoms with van der Waals surface area (Å²) in [7, 11) is 0. The largest absolute Gasteiger partial charge is 0.459 e. The van der Waals surface area contributed by atoms with E-state index in [0.717, 1.165) is 60.8 Å². The van der Waals surface area contributed by atoms with Crippen LogP contribution in [0.4, 0.5) is 0 Å². The number of hydrogen-bond donors (Lipinski definition) is 1. The van der Waals surface area contributed by atoms with Crippen LogP contribution in [-0.4, -0.2) is 19.8 Å². The number of halogens is 1. The molecule has 0 aliphatic heterocycles. The lowest BCUT2D eigenvalue weighted by molar-refractivity contribution is 0.140. The smallest absolute Gasteiger partial charge is 0.134 e. The van der Waals surface area contributed by atoms with Crippen LogP contribution in [0.15, 0.2) is 28.7 Å². The van der Waals surface area contributed by atoms with Gasteiger partial charge in [-0.15, -0.1) is 0 Å². The molecule has 21 heavy (non-hydrogen) atoms. The van der Waals surface area contributed by atoms with Crippen molar-refractivity contribution < 1.29 is 9.15 Å². The second-order valence-corrected chi connectivity index (χ2v) is 5.61. The molecule has 116 valence electrons. The molecule has 0 radical (unpaired) electrons. The normalized spacial score (nSPS) is 12.9. The summed E-state index contributed by atoms with van der Waals surface area (Å²) in [6.07, 6.45) is 3.13. The van der Waals surface area contributed by atoms with E-state index >= 15 is 0 Å². The van der Waals surface area contributed by atoms with E-state index in [-0.39, 0.29) is 6.04 Å². The van der Waals surface area contributed by atoms with Gasteiger partial charge in [-0.2, -0.15) is 0 Å². The Bertz CT molecular complexity index is 553. The molecule has 1 aromatic heterocycles. The van der Waals surface area contributed by atoms with Gasteiger partial charge in [0, 0.05) is 23.6 Å². The zero-order chi connectivity index (χ0) is 15.1.